The Morgan fingerprint density at radius 1 is 1.36 bits per heavy atom. The van der Waals surface area contributed by atoms with Gasteiger partial charge >= 0.3 is 0 Å². The summed E-state index contributed by atoms with van der Waals surface area (Å²) in [6.45, 7) is 3.04. The molecule has 118 valence electrons. The van der Waals surface area contributed by atoms with Crippen molar-refractivity contribution in [3.05, 3.63) is 47.4 Å². The van der Waals surface area contributed by atoms with Crippen molar-refractivity contribution in [1.29, 1.82) is 0 Å². The van der Waals surface area contributed by atoms with Crippen molar-refractivity contribution >= 4 is 5.96 Å². The molecule has 1 aromatic heterocycles. The highest BCUT2D eigenvalue weighted by atomic mass is 19.1. The minimum Gasteiger partial charge on any atom is -0.356 e. The molecule has 2 N–H and O–H groups in total. The van der Waals surface area contributed by atoms with E-state index >= 15 is 0 Å². The number of nitrogens with one attached hydrogen (secondary N) is 2. The number of halogens is 1. The van der Waals surface area contributed by atoms with Crippen LogP contribution in [0.3, 0.4) is 0 Å². The number of nitrogens with zero attached hydrogens (tertiary/aromatic N) is 3. The van der Waals surface area contributed by atoms with E-state index < -0.39 is 0 Å². The van der Waals surface area contributed by atoms with Crippen LogP contribution in [-0.4, -0.2) is 29.7 Å². The molecule has 0 fully saturated rings. The number of hydrogen-bond acceptors (Lipinski definition) is 4. The van der Waals surface area contributed by atoms with Crippen molar-refractivity contribution in [3.63, 3.8) is 0 Å². The van der Waals surface area contributed by atoms with E-state index in [1.807, 2.05) is 6.07 Å². The molecule has 1 aromatic carbocycles. The van der Waals surface area contributed by atoms with Crippen LogP contribution in [0.1, 0.15) is 23.7 Å². The van der Waals surface area contributed by atoms with E-state index in [9.17, 15) is 4.39 Å². The molecule has 7 heteroatoms. The van der Waals surface area contributed by atoms with Crippen LogP contribution in [-0.2, 0) is 13.0 Å². The predicted octanol–water partition coefficient (Wildman–Crippen LogP) is 1.81. The number of benzene rings is 1. The van der Waals surface area contributed by atoms with Crippen LogP contribution in [0.25, 0.3) is 0 Å². The maximum atomic E-state index is 13.1. The Morgan fingerprint density at radius 2 is 2.23 bits per heavy atom. The van der Waals surface area contributed by atoms with Crippen molar-refractivity contribution in [3.8, 4) is 0 Å². The van der Waals surface area contributed by atoms with Crippen LogP contribution in [0.4, 0.5) is 4.39 Å². The first kappa shape index (κ1) is 15.9. The van der Waals surface area contributed by atoms with Crippen molar-refractivity contribution in [1.82, 2.24) is 20.8 Å². The lowest BCUT2D eigenvalue weighted by atomic mass is 10.2. The van der Waals surface area contributed by atoms with Gasteiger partial charge in [0, 0.05) is 26.6 Å². The highest BCUT2D eigenvalue weighted by Gasteiger charge is 2.03. The summed E-state index contributed by atoms with van der Waals surface area (Å²) in [4.78, 5) is 8.27. The van der Waals surface area contributed by atoms with Crippen molar-refractivity contribution in [2.75, 3.05) is 13.6 Å². The second kappa shape index (κ2) is 8.11. The number of hydrogen-bond donors (Lipinski definition) is 2. The first-order valence-electron chi connectivity index (χ1n) is 7.15. The highest BCUT2D eigenvalue weighted by molar-refractivity contribution is 5.79. The molecule has 0 bridgehead atoms. The molecular formula is C15H20FN5O. The normalized spacial score (nSPS) is 11.5. The second-order valence-electron chi connectivity index (χ2n) is 4.82. The average molecular weight is 305 g/mol. The summed E-state index contributed by atoms with van der Waals surface area (Å²) in [6, 6.07) is 6.48. The summed E-state index contributed by atoms with van der Waals surface area (Å²) >= 11 is 0. The Kier molecular flexibility index (Phi) is 5.88. The van der Waals surface area contributed by atoms with Gasteiger partial charge in [-0.15, -0.1) is 0 Å². The van der Waals surface area contributed by atoms with Crippen LogP contribution in [0.5, 0.6) is 0 Å². The summed E-state index contributed by atoms with van der Waals surface area (Å²) in [7, 11) is 1.70. The largest absolute Gasteiger partial charge is 0.356 e. The monoisotopic (exact) mass is 305 g/mol. The molecule has 0 amide bonds. The zero-order valence-corrected chi connectivity index (χ0v) is 12.8. The molecule has 0 aliphatic carbocycles. The minimum absolute atomic E-state index is 0.239. The van der Waals surface area contributed by atoms with Crippen molar-refractivity contribution in [2.45, 2.75) is 26.3 Å². The Hall–Kier alpha value is -2.44. The number of aromatic nitrogens is 2. The van der Waals surface area contributed by atoms with E-state index in [4.69, 9.17) is 4.52 Å². The third-order valence-corrected chi connectivity index (χ3v) is 3.00. The van der Waals surface area contributed by atoms with Crippen LogP contribution >= 0.6 is 0 Å². The van der Waals surface area contributed by atoms with Gasteiger partial charge in [-0.25, -0.2) is 4.39 Å². The lowest BCUT2D eigenvalue weighted by Gasteiger charge is -2.11. The van der Waals surface area contributed by atoms with Gasteiger partial charge in [0.15, 0.2) is 11.8 Å². The molecule has 0 aliphatic heterocycles. The van der Waals surface area contributed by atoms with Crippen LogP contribution in [0, 0.1) is 12.7 Å². The van der Waals surface area contributed by atoms with Crippen molar-refractivity contribution < 1.29 is 8.91 Å². The topological polar surface area (TPSA) is 75.3 Å². The molecule has 6 nitrogen and oxygen atoms in total. The van der Waals surface area contributed by atoms with Gasteiger partial charge < -0.3 is 15.2 Å². The van der Waals surface area contributed by atoms with Crippen LogP contribution in [0.15, 0.2) is 33.8 Å². The summed E-state index contributed by atoms with van der Waals surface area (Å²) in [5, 5.41) is 10.1. The van der Waals surface area contributed by atoms with Gasteiger partial charge in [-0.1, -0.05) is 17.3 Å². The molecule has 0 saturated heterocycles. The van der Waals surface area contributed by atoms with E-state index in [-0.39, 0.29) is 5.82 Å². The fourth-order valence-electron chi connectivity index (χ4n) is 1.94. The van der Waals surface area contributed by atoms with Gasteiger partial charge in [0.2, 0.25) is 5.89 Å². The standard InChI is InChI=1S/C15H20FN5O/c1-11-20-14(22-21-11)7-4-8-18-15(17-2)19-10-12-5-3-6-13(16)9-12/h3,5-6,9H,4,7-8,10H2,1-2H3,(H2,17,18,19). The quantitative estimate of drug-likeness (QED) is 0.484. The smallest absolute Gasteiger partial charge is 0.226 e. The summed E-state index contributed by atoms with van der Waals surface area (Å²) < 4.78 is 18.1. The Labute approximate surface area is 128 Å². The minimum atomic E-state index is -0.239. The van der Waals surface area contributed by atoms with Gasteiger partial charge in [0.25, 0.3) is 0 Å². The summed E-state index contributed by atoms with van der Waals surface area (Å²) in [5.41, 5.74) is 0.865. The van der Waals surface area contributed by atoms with Gasteiger partial charge in [-0.3, -0.25) is 4.99 Å². The Bertz CT molecular complexity index is 626. The van der Waals surface area contributed by atoms with E-state index in [0.29, 0.717) is 30.6 Å². The molecular weight excluding hydrogens is 285 g/mol. The molecule has 1 heterocycles. The van der Waals surface area contributed by atoms with Gasteiger partial charge in [0.1, 0.15) is 5.82 Å². The maximum absolute atomic E-state index is 13.1. The zero-order valence-electron chi connectivity index (χ0n) is 12.8. The molecule has 2 rings (SSSR count). The zero-order chi connectivity index (χ0) is 15.8. The molecule has 0 unspecified atom stereocenters. The van der Waals surface area contributed by atoms with Gasteiger partial charge in [0.05, 0.1) is 0 Å². The van der Waals surface area contributed by atoms with E-state index in [0.717, 1.165) is 18.5 Å². The molecule has 0 saturated carbocycles. The molecule has 2 aromatic rings. The third kappa shape index (κ3) is 5.16. The summed E-state index contributed by atoms with van der Waals surface area (Å²) in [5.74, 6) is 1.72. The SMILES string of the molecule is CN=C(NCCCc1nc(C)no1)NCc1cccc(F)c1. The maximum Gasteiger partial charge on any atom is 0.226 e. The number of rotatable bonds is 6. The number of aliphatic imine (C=N–C) groups is 1. The molecule has 0 radical (unpaired) electrons. The Balaban J connectivity index is 1.69. The van der Waals surface area contributed by atoms with Crippen molar-refractivity contribution in [2.24, 2.45) is 4.99 Å². The van der Waals surface area contributed by atoms with E-state index in [2.05, 4.69) is 25.8 Å². The van der Waals surface area contributed by atoms with Crippen LogP contribution < -0.4 is 10.6 Å². The number of aryl methyl sites for hydroxylation is 2. The third-order valence-electron chi connectivity index (χ3n) is 3.00. The first-order chi connectivity index (χ1) is 10.7. The lowest BCUT2D eigenvalue weighted by Crippen LogP contribution is -2.37. The molecule has 22 heavy (non-hydrogen) atoms. The molecule has 0 atom stereocenters. The predicted molar refractivity (Wildman–Crippen MR) is 82.0 cm³/mol. The molecule has 0 aliphatic rings. The highest BCUT2D eigenvalue weighted by Crippen LogP contribution is 2.02. The molecule has 0 spiro atoms. The number of guanidine groups is 1. The average Bonchev–Trinajstić information content (AvgIpc) is 2.92. The van der Waals surface area contributed by atoms with E-state index in [1.165, 1.54) is 12.1 Å². The van der Waals surface area contributed by atoms with Crippen LogP contribution in [0.2, 0.25) is 0 Å². The lowest BCUT2D eigenvalue weighted by molar-refractivity contribution is 0.372. The van der Waals surface area contributed by atoms with Gasteiger partial charge in [-0.05, 0) is 31.0 Å². The second-order valence-corrected chi connectivity index (χ2v) is 4.82. The first-order valence-corrected chi connectivity index (χ1v) is 7.15. The Morgan fingerprint density at radius 3 is 2.91 bits per heavy atom. The van der Waals surface area contributed by atoms with Gasteiger partial charge in [-0.2, -0.15) is 4.98 Å². The fourth-order valence-corrected chi connectivity index (χ4v) is 1.94. The summed E-state index contributed by atoms with van der Waals surface area (Å²) in [6.07, 6.45) is 1.57. The fraction of sp³-hybridized carbons (Fsp3) is 0.400. The van der Waals surface area contributed by atoms with E-state index in [1.54, 1.807) is 20.0 Å².